The van der Waals surface area contributed by atoms with Crippen LogP contribution in [0, 0.1) is 0 Å². The van der Waals surface area contributed by atoms with Gasteiger partial charge < -0.3 is 0 Å². The second-order valence-electron chi connectivity index (χ2n) is 5.15. The van der Waals surface area contributed by atoms with Crippen LogP contribution in [0.15, 0.2) is 72.0 Å². The van der Waals surface area contributed by atoms with Crippen molar-refractivity contribution in [1.82, 2.24) is 9.97 Å². The number of aromatic nitrogens is 2. The molecule has 2 heterocycles. The molecule has 0 bridgehead atoms. The molecule has 1 aromatic carbocycles. The van der Waals surface area contributed by atoms with Gasteiger partial charge in [0.25, 0.3) is 10.0 Å². The van der Waals surface area contributed by atoms with E-state index in [1.807, 2.05) is 12.1 Å². The van der Waals surface area contributed by atoms with Crippen LogP contribution in [0.2, 0.25) is 10.2 Å². The first-order valence-corrected chi connectivity index (χ1v) is 9.46. The molecule has 0 unspecified atom stereocenters. The zero-order valence-corrected chi connectivity index (χ0v) is 15.2. The maximum absolute atomic E-state index is 13.2. The van der Waals surface area contributed by atoms with Gasteiger partial charge in [-0.1, -0.05) is 47.5 Å². The predicted octanol–water partition coefficient (Wildman–Crippen LogP) is 4.18. The molecule has 128 valence electrons. The van der Waals surface area contributed by atoms with Crippen molar-refractivity contribution in [2.24, 2.45) is 0 Å². The number of sulfonamides is 1. The van der Waals surface area contributed by atoms with Gasteiger partial charge in [0.15, 0.2) is 0 Å². The summed E-state index contributed by atoms with van der Waals surface area (Å²) < 4.78 is 27.6. The van der Waals surface area contributed by atoms with Gasteiger partial charge in [0.1, 0.15) is 10.0 Å². The standard InChI is InChI=1S/C17H13Cl2N3O2S/c18-16-9-15(11-21-17(16)19)25(23,24)22(14-6-2-1-3-7-14)12-13-5-4-8-20-10-13/h1-11H,12H2. The second-order valence-corrected chi connectivity index (χ2v) is 7.78. The molecule has 0 radical (unpaired) electrons. The highest BCUT2D eigenvalue weighted by Crippen LogP contribution is 2.28. The number of anilines is 1. The van der Waals surface area contributed by atoms with E-state index in [2.05, 4.69) is 9.97 Å². The van der Waals surface area contributed by atoms with Crippen molar-refractivity contribution in [2.45, 2.75) is 11.4 Å². The number of hydrogen-bond donors (Lipinski definition) is 0. The first-order chi connectivity index (χ1) is 12.0. The maximum Gasteiger partial charge on any atom is 0.266 e. The highest BCUT2D eigenvalue weighted by atomic mass is 35.5. The van der Waals surface area contributed by atoms with Crippen molar-refractivity contribution in [3.8, 4) is 0 Å². The van der Waals surface area contributed by atoms with Gasteiger partial charge in [-0.15, -0.1) is 0 Å². The summed E-state index contributed by atoms with van der Waals surface area (Å²) >= 11 is 11.7. The Balaban J connectivity index is 2.08. The van der Waals surface area contributed by atoms with E-state index in [1.165, 1.54) is 16.6 Å². The predicted molar refractivity (Wildman–Crippen MR) is 98.3 cm³/mol. The van der Waals surface area contributed by atoms with Gasteiger partial charge in [-0.25, -0.2) is 13.4 Å². The van der Waals surface area contributed by atoms with Crippen molar-refractivity contribution in [2.75, 3.05) is 4.31 Å². The van der Waals surface area contributed by atoms with Gasteiger partial charge in [0, 0.05) is 18.6 Å². The summed E-state index contributed by atoms with van der Waals surface area (Å²) in [5, 5.41) is 0.135. The van der Waals surface area contributed by atoms with E-state index in [9.17, 15) is 8.42 Å². The molecule has 0 saturated heterocycles. The smallest absolute Gasteiger partial charge is 0.264 e. The van der Waals surface area contributed by atoms with Crippen LogP contribution < -0.4 is 4.31 Å². The Kier molecular flexibility index (Phi) is 5.22. The first kappa shape index (κ1) is 17.7. The van der Waals surface area contributed by atoms with E-state index in [-0.39, 0.29) is 21.6 Å². The molecule has 3 aromatic rings. The number of pyridine rings is 2. The number of nitrogens with zero attached hydrogens (tertiary/aromatic N) is 3. The Bertz CT molecular complexity index is 968. The third-order valence-corrected chi connectivity index (χ3v) is 5.88. The highest BCUT2D eigenvalue weighted by molar-refractivity contribution is 7.92. The lowest BCUT2D eigenvalue weighted by atomic mass is 10.2. The van der Waals surface area contributed by atoms with Gasteiger partial charge >= 0.3 is 0 Å². The van der Waals surface area contributed by atoms with Crippen LogP contribution in [0.25, 0.3) is 0 Å². The first-order valence-electron chi connectivity index (χ1n) is 7.26. The summed E-state index contributed by atoms with van der Waals surface area (Å²) in [5.41, 5.74) is 1.28. The van der Waals surface area contributed by atoms with Gasteiger partial charge in [-0.2, -0.15) is 0 Å². The Morgan fingerprint density at radius 1 is 1.00 bits per heavy atom. The molecule has 0 fully saturated rings. The van der Waals surface area contributed by atoms with Gasteiger partial charge in [-0.05, 0) is 29.8 Å². The summed E-state index contributed by atoms with van der Waals surface area (Å²) in [4.78, 5) is 7.85. The van der Waals surface area contributed by atoms with E-state index in [0.717, 1.165) is 5.56 Å². The fourth-order valence-electron chi connectivity index (χ4n) is 2.24. The van der Waals surface area contributed by atoms with Crippen LogP contribution in [0.4, 0.5) is 5.69 Å². The summed E-state index contributed by atoms with van der Waals surface area (Å²) in [5.74, 6) is 0. The summed E-state index contributed by atoms with van der Waals surface area (Å²) in [6.45, 7) is 0.125. The van der Waals surface area contributed by atoms with E-state index in [4.69, 9.17) is 23.2 Å². The Morgan fingerprint density at radius 2 is 1.76 bits per heavy atom. The molecule has 0 N–H and O–H groups in total. The lowest BCUT2D eigenvalue weighted by Gasteiger charge is -2.24. The van der Waals surface area contributed by atoms with E-state index < -0.39 is 10.0 Å². The number of para-hydroxylation sites is 1. The quantitative estimate of drug-likeness (QED) is 0.609. The van der Waals surface area contributed by atoms with Crippen molar-refractivity contribution in [1.29, 1.82) is 0 Å². The number of halogens is 2. The lowest BCUT2D eigenvalue weighted by molar-refractivity contribution is 0.590. The minimum absolute atomic E-state index is 0.0327. The van der Waals surface area contributed by atoms with Crippen molar-refractivity contribution in [3.63, 3.8) is 0 Å². The zero-order chi connectivity index (χ0) is 17.9. The molecule has 2 aromatic heterocycles. The second kappa shape index (κ2) is 7.39. The monoisotopic (exact) mass is 393 g/mol. The fourth-order valence-corrected chi connectivity index (χ4v) is 4.00. The van der Waals surface area contributed by atoms with Crippen LogP contribution in [0.5, 0.6) is 0 Å². The van der Waals surface area contributed by atoms with Crippen molar-refractivity contribution < 1.29 is 8.42 Å². The third-order valence-electron chi connectivity index (χ3n) is 3.45. The van der Waals surface area contributed by atoms with Crippen LogP contribution in [-0.4, -0.2) is 18.4 Å². The molecule has 0 spiro atoms. The lowest BCUT2D eigenvalue weighted by Crippen LogP contribution is -2.30. The van der Waals surface area contributed by atoms with Gasteiger partial charge in [-0.3, -0.25) is 9.29 Å². The van der Waals surface area contributed by atoms with E-state index >= 15 is 0 Å². The summed E-state index contributed by atoms with van der Waals surface area (Å²) in [7, 11) is -3.89. The summed E-state index contributed by atoms with van der Waals surface area (Å²) in [6, 6.07) is 13.7. The molecular formula is C17H13Cl2N3O2S. The molecule has 0 aliphatic rings. The van der Waals surface area contributed by atoms with Crippen LogP contribution >= 0.6 is 23.2 Å². The molecule has 0 aliphatic carbocycles. The molecular weight excluding hydrogens is 381 g/mol. The molecule has 5 nitrogen and oxygen atoms in total. The number of benzene rings is 1. The molecule has 0 aliphatic heterocycles. The maximum atomic E-state index is 13.2. The normalized spacial score (nSPS) is 11.3. The van der Waals surface area contributed by atoms with Gasteiger partial charge in [0.05, 0.1) is 17.3 Å². The molecule has 0 atom stereocenters. The average Bonchev–Trinajstić information content (AvgIpc) is 2.63. The zero-order valence-electron chi connectivity index (χ0n) is 12.9. The van der Waals surface area contributed by atoms with Gasteiger partial charge in [0.2, 0.25) is 0 Å². The fraction of sp³-hybridized carbons (Fsp3) is 0.0588. The van der Waals surface area contributed by atoms with Crippen LogP contribution in [-0.2, 0) is 16.6 Å². The van der Waals surface area contributed by atoms with Crippen LogP contribution in [0.3, 0.4) is 0 Å². The highest BCUT2D eigenvalue weighted by Gasteiger charge is 2.26. The minimum atomic E-state index is -3.89. The Labute approximate surface area is 155 Å². The molecule has 0 amide bonds. The summed E-state index contributed by atoms with van der Waals surface area (Å²) in [6.07, 6.45) is 4.45. The minimum Gasteiger partial charge on any atom is -0.264 e. The largest absolute Gasteiger partial charge is 0.266 e. The Hall–Kier alpha value is -2.15. The number of rotatable bonds is 5. The van der Waals surface area contributed by atoms with E-state index in [1.54, 1.807) is 42.7 Å². The third kappa shape index (κ3) is 3.92. The molecule has 25 heavy (non-hydrogen) atoms. The molecule has 8 heteroatoms. The Morgan fingerprint density at radius 3 is 2.40 bits per heavy atom. The van der Waals surface area contributed by atoms with Crippen molar-refractivity contribution in [3.05, 3.63) is 82.9 Å². The molecule has 3 rings (SSSR count). The molecule has 0 saturated carbocycles. The topological polar surface area (TPSA) is 63.2 Å². The van der Waals surface area contributed by atoms with Crippen molar-refractivity contribution >= 4 is 38.9 Å². The van der Waals surface area contributed by atoms with E-state index in [0.29, 0.717) is 5.69 Å². The average molecular weight is 394 g/mol. The number of hydrogen-bond acceptors (Lipinski definition) is 4. The van der Waals surface area contributed by atoms with Crippen LogP contribution in [0.1, 0.15) is 5.56 Å². The SMILES string of the molecule is O=S(=O)(c1cnc(Cl)c(Cl)c1)N(Cc1cccnc1)c1ccccc1.